The molecule has 1 amide bonds. The van der Waals surface area contributed by atoms with Crippen LogP contribution in [0.5, 0.6) is 0 Å². The molecule has 0 aliphatic rings. The lowest BCUT2D eigenvalue weighted by Crippen LogP contribution is -2.40. The molecule has 1 rings (SSSR count). The number of aliphatic hydroxyl groups excluding tert-OH is 1. The molecule has 0 fully saturated rings. The second kappa shape index (κ2) is 6.01. The van der Waals surface area contributed by atoms with Gasteiger partial charge >= 0.3 is 0 Å². The van der Waals surface area contributed by atoms with Gasteiger partial charge in [0.2, 0.25) is 5.91 Å². The highest BCUT2D eigenvalue weighted by Gasteiger charge is 2.22. The van der Waals surface area contributed by atoms with E-state index < -0.39 is 6.10 Å². The second-order valence-electron chi connectivity index (χ2n) is 5.33. The molecular weight excluding hydrogens is 226 g/mol. The molecule has 0 spiro atoms. The van der Waals surface area contributed by atoms with Gasteiger partial charge in [-0.3, -0.25) is 4.79 Å². The van der Waals surface area contributed by atoms with E-state index in [2.05, 4.69) is 50.4 Å². The number of carbonyl (C=O) groups excluding carboxylic acids is 1. The molecule has 3 nitrogen and oxygen atoms in total. The van der Waals surface area contributed by atoms with E-state index in [0.29, 0.717) is 6.54 Å². The van der Waals surface area contributed by atoms with E-state index in [4.69, 9.17) is 5.11 Å². The van der Waals surface area contributed by atoms with Crippen LogP contribution < -0.4 is 5.32 Å². The predicted octanol–water partition coefficient (Wildman–Crippen LogP) is 2.02. The van der Waals surface area contributed by atoms with Crippen LogP contribution in [0.3, 0.4) is 0 Å². The topological polar surface area (TPSA) is 49.3 Å². The molecule has 0 aromatic heterocycles. The Hall–Kier alpha value is -1.35. The van der Waals surface area contributed by atoms with Gasteiger partial charge in [-0.2, -0.15) is 0 Å². The van der Waals surface area contributed by atoms with Gasteiger partial charge in [-0.1, -0.05) is 45.0 Å². The highest BCUT2D eigenvalue weighted by atomic mass is 16.3. The third kappa shape index (κ3) is 3.84. The van der Waals surface area contributed by atoms with E-state index in [1.807, 2.05) is 0 Å². The lowest BCUT2D eigenvalue weighted by Gasteiger charge is -2.26. The van der Waals surface area contributed by atoms with Crippen LogP contribution in [0, 0.1) is 0 Å². The number of amides is 1. The summed E-state index contributed by atoms with van der Waals surface area (Å²) < 4.78 is 0. The maximum absolute atomic E-state index is 11.4. The van der Waals surface area contributed by atoms with Crippen molar-refractivity contribution in [3.05, 3.63) is 35.4 Å². The van der Waals surface area contributed by atoms with Crippen LogP contribution in [-0.2, 0) is 16.6 Å². The molecule has 1 aromatic rings. The van der Waals surface area contributed by atoms with Crippen LogP contribution in [0.15, 0.2) is 24.3 Å². The fourth-order valence-electron chi connectivity index (χ4n) is 1.75. The van der Waals surface area contributed by atoms with Crippen LogP contribution in [0.1, 0.15) is 38.8 Å². The summed E-state index contributed by atoms with van der Waals surface area (Å²) in [5.74, 6) is -0.326. The van der Waals surface area contributed by atoms with Crippen molar-refractivity contribution in [2.75, 3.05) is 6.54 Å². The normalized spacial score (nSPS) is 13.2. The number of aliphatic hydroxyl groups is 1. The van der Waals surface area contributed by atoms with Crippen LogP contribution in [0.2, 0.25) is 0 Å². The van der Waals surface area contributed by atoms with Crippen molar-refractivity contribution in [3.63, 3.8) is 0 Å². The molecule has 0 saturated carbocycles. The summed E-state index contributed by atoms with van der Waals surface area (Å²) in [6.45, 7) is 8.27. The molecule has 18 heavy (non-hydrogen) atoms. The summed E-state index contributed by atoms with van der Waals surface area (Å²) in [6, 6.07) is 8.45. The first kappa shape index (κ1) is 14.7. The number of carbonyl (C=O) groups is 1. The fourth-order valence-corrected chi connectivity index (χ4v) is 1.75. The van der Waals surface area contributed by atoms with Crippen LogP contribution in [0.25, 0.3) is 0 Å². The Kier molecular flexibility index (Phi) is 4.91. The van der Waals surface area contributed by atoms with E-state index in [9.17, 15) is 4.79 Å². The number of rotatable bonds is 5. The highest BCUT2D eigenvalue weighted by molar-refractivity contribution is 5.80. The van der Waals surface area contributed by atoms with Gasteiger partial charge in [0.05, 0.1) is 0 Å². The molecule has 0 aliphatic heterocycles. The highest BCUT2D eigenvalue weighted by Crippen LogP contribution is 2.22. The summed E-state index contributed by atoms with van der Waals surface area (Å²) in [5, 5.41) is 11.9. The minimum atomic E-state index is -0.955. The summed E-state index contributed by atoms with van der Waals surface area (Å²) in [5.41, 5.74) is 2.35. The largest absolute Gasteiger partial charge is 0.384 e. The van der Waals surface area contributed by atoms with Crippen molar-refractivity contribution in [1.82, 2.24) is 5.32 Å². The number of nitrogens with one attached hydrogen (secondary N) is 1. The number of hydrogen-bond acceptors (Lipinski definition) is 2. The predicted molar refractivity (Wildman–Crippen MR) is 73.5 cm³/mol. The van der Waals surface area contributed by atoms with Crippen molar-refractivity contribution in [1.29, 1.82) is 0 Å². The molecule has 0 radical (unpaired) electrons. The standard InChI is InChI=1S/C15H23NO2/c1-5-12-6-8-13(9-7-12)15(3,4)10-16-14(18)11(2)17/h6-9,11,17H,5,10H2,1-4H3,(H,16,18). The maximum Gasteiger partial charge on any atom is 0.248 e. The molecule has 2 N–H and O–H groups in total. The zero-order valence-corrected chi connectivity index (χ0v) is 11.7. The third-order valence-corrected chi connectivity index (χ3v) is 3.23. The molecule has 0 aliphatic carbocycles. The second-order valence-corrected chi connectivity index (χ2v) is 5.33. The summed E-state index contributed by atoms with van der Waals surface area (Å²) >= 11 is 0. The van der Waals surface area contributed by atoms with Gasteiger partial charge in [-0.05, 0) is 24.5 Å². The first-order valence-electron chi connectivity index (χ1n) is 6.42. The third-order valence-electron chi connectivity index (χ3n) is 3.23. The zero-order chi connectivity index (χ0) is 13.8. The smallest absolute Gasteiger partial charge is 0.248 e. The first-order valence-corrected chi connectivity index (χ1v) is 6.42. The van der Waals surface area contributed by atoms with Crippen LogP contribution in [0.4, 0.5) is 0 Å². The lowest BCUT2D eigenvalue weighted by molar-refractivity contribution is -0.128. The van der Waals surface area contributed by atoms with Crippen molar-refractivity contribution >= 4 is 5.91 Å². The first-order chi connectivity index (χ1) is 8.36. The van der Waals surface area contributed by atoms with E-state index >= 15 is 0 Å². The van der Waals surface area contributed by atoms with E-state index in [0.717, 1.165) is 6.42 Å². The molecule has 1 atom stereocenters. The number of benzene rings is 1. The van der Waals surface area contributed by atoms with E-state index in [1.165, 1.54) is 18.1 Å². The van der Waals surface area contributed by atoms with Gasteiger partial charge in [0.1, 0.15) is 6.10 Å². The van der Waals surface area contributed by atoms with Crippen molar-refractivity contribution in [2.24, 2.45) is 0 Å². The molecule has 0 saturated heterocycles. The summed E-state index contributed by atoms with van der Waals surface area (Å²) in [7, 11) is 0. The Labute approximate surface area is 109 Å². The van der Waals surface area contributed by atoms with E-state index in [-0.39, 0.29) is 11.3 Å². The van der Waals surface area contributed by atoms with Crippen LogP contribution in [-0.4, -0.2) is 23.7 Å². The molecule has 1 unspecified atom stereocenters. The number of hydrogen-bond donors (Lipinski definition) is 2. The molecule has 3 heteroatoms. The molecule has 100 valence electrons. The van der Waals surface area contributed by atoms with Gasteiger partial charge in [-0.15, -0.1) is 0 Å². The SMILES string of the molecule is CCc1ccc(C(C)(C)CNC(=O)C(C)O)cc1. The van der Waals surface area contributed by atoms with E-state index in [1.54, 1.807) is 0 Å². The van der Waals surface area contributed by atoms with Crippen molar-refractivity contribution in [2.45, 2.75) is 45.6 Å². The van der Waals surface area contributed by atoms with Crippen molar-refractivity contribution < 1.29 is 9.90 Å². The van der Waals surface area contributed by atoms with Gasteiger partial charge in [0.25, 0.3) is 0 Å². The Bertz CT molecular complexity index is 393. The average Bonchev–Trinajstić information content (AvgIpc) is 2.36. The molecule has 1 aromatic carbocycles. The van der Waals surface area contributed by atoms with Gasteiger partial charge in [0.15, 0.2) is 0 Å². The van der Waals surface area contributed by atoms with Crippen molar-refractivity contribution in [3.8, 4) is 0 Å². The Morgan fingerprint density at radius 2 is 1.89 bits per heavy atom. The molecular formula is C15H23NO2. The van der Waals surface area contributed by atoms with Crippen LogP contribution >= 0.6 is 0 Å². The Balaban J connectivity index is 2.69. The zero-order valence-electron chi connectivity index (χ0n) is 11.7. The van der Waals surface area contributed by atoms with Gasteiger partial charge in [0, 0.05) is 12.0 Å². The number of aryl methyl sites for hydroxylation is 1. The van der Waals surface area contributed by atoms with Gasteiger partial charge in [-0.25, -0.2) is 0 Å². The quantitative estimate of drug-likeness (QED) is 0.839. The fraction of sp³-hybridized carbons (Fsp3) is 0.533. The molecule has 0 heterocycles. The summed E-state index contributed by atoms with van der Waals surface area (Å²) in [6.07, 6.45) is 0.0719. The lowest BCUT2D eigenvalue weighted by atomic mass is 9.84. The average molecular weight is 249 g/mol. The maximum atomic E-state index is 11.4. The van der Waals surface area contributed by atoms with Gasteiger partial charge < -0.3 is 10.4 Å². The molecule has 0 bridgehead atoms. The Morgan fingerprint density at radius 3 is 2.33 bits per heavy atom. The monoisotopic (exact) mass is 249 g/mol. The summed E-state index contributed by atoms with van der Waals surface area (Å²) in [4.78, 5) is 11.4. The minimum Gasteiger partial charge on any atom is -0.384 e. The minimum absolute atomic E-state index is 0.142. The Morgan fingerprint density at radius 1 is 1.33 bits per heavy atom.